The van der Waals surface area contributed by atoms with E-state index in [-0.39, 0.29) is 28.9 Å². The molecular weight excluding hydrogens is 384 g/mol. The number of nitrogens with one attached hydrogen (secondary N) is 2. The molecule has 25 heavy (non-hydrogen) atoms. The van der Waals surface area contributed by atoms with E-state index in [1.165, 1.54) is 16.6 Å². The van der Waals surface area contributed by atoms with Crippen molar-refractivity contribution in [2.45, 2.75) is 37.1 Å². The van der Waals surface area contributed by atoms with E-state index in [0.717, 1.165) is 11.5 Å². The number of aromatic nitrogens is 1. The lowest BCUT2D eigenvalue weighted by Crippen LogP contribution is -2.52. The molecule has 0 radical (unpaired) electrons. The predicted octanol–water partition coefficient (Wildman–Crippen LogP) is 1.42. The maximum Gasteiger partial charge on any atom is 0.268 e. The molecule has 4 N–H and O–H groups in total. The normalized spacial score (nSPS) is 16.3. The van der Waals surface area contributed by atoms with Gasteiger partial charge in [0, 0.05) is 37.3 Å². The summed E-state index contributed by atoms with van der Waals surface area (Å²) in [5.41, 5.74) is 5.57. The molecule has 1 aliphatic rings. The largest absolute Gasteiger partial charge is 0.356 e. The van der Waals surface area contributed by atoms with Gasteiger partial charge in [-0.05, 0) is 18.9 Å². The minimum Gasteiger partial charge on any atom is -0.356 e. The third kappa shape index (κ3) is 4.91. The van der Waals surface area contributed by atoms with Gasteiger partial charge in [-0.3, -0.25) is 4.79 Å². The van der Waals surface area contributed by atoms with Gasteiger partial charge in [-0.1, -0.05) is 13.8 Å². The minimum absolute atomic E-state index is 0. The third-order valence-electron chi connectivity index (χ3n) is 4.63. The van der Waals surface area contributed by atoms with E-state index in [1.54, 1.807) is 11.8 Å². The molecule has 1 fully saturated rings. The smallest absolute Gasteiger partial charge is 0.268 e. The standard InChI is InChI=1S/C15H26N4O3S2.ClH/c1-3-15(4-2,11-16)18-14(20)13-9-12(10-17-13)24(21,22)19-5-7-23-8-6-19;/h9-10,17H,3-8,11,16H2,1-2H3,(H,18,20);1H. The molecular formula is C15H27ClN4O3S2. The van der Waals surface area contributed by atoms with Crippen LogP contribution in [0.25, 0.3) is 0 Å². The Hall–Kier alpha value is -0.740. The highest BCUT2D eigenvalue weighted by atomic mass is 35.5. The number of carbonyl (C=O) groups excluding carboxylic acids is 1. The van der Waals surface area contributed by atoms with Crippen LogP contribution in [0.15, 0.2) is 17.2 Å². The van der Waals surface area contributed by atoms with Crippen molar-refractivity contribution in [3.05, 3.63) is 18.0 Å². The molecule has 0 aromatic carbocycles. The molecule has 0 atom stereocenters. The summed E-state index contributed by atoms with van der Waals surface area (Å²) in [5, 5.41) is 2.93. The van der Waals surface area contributed by atoms with Crippen LogP contribution >= 0.6 is 24.2 Å². The third-order valence-corrected chi connectivity index (χ3v) is 7.45. The van der Waals surface area contributed by atoms with Crippen molar-refractivity contribution in [1.29, 1.82) is 0 Å². The summed E-state index contributed by atoms with van der Waals surface area (Å²) in [4.78, 5) is 15.4. The SMILES string of the molecule is CCC(CC)(CN)NC(=O)c1cc(S(=O)(=O)N2CCSCC2)c[nH]1.Cl. The Labute approximate surface area is 159 Å². The van der Waals surface area contributed by atoms with Gasteiger partial charge >= 0.3 is 0 Å². The van der Waals surface area contributed by atoms with Gasteiger partial charge in [0.1, 0.15) is 10.6 Å². The predicted molar refractivity (Wildman–Crippen MR) is 104 cm³/mol. The fourth-order valence-corrected chi connectivity index (χ4v) is 5.24. The fourth-order valence-electron chi connectivity index (χ4n) is 2.67. The summed E-state index contributed by atoms with van der Waals surface area (Å²) < 4.78 is 26.7. The second-order valence-electron chi connectivity index (χ2n) is 5.91. The van der Waals surface area contributed by atoms with E-state index >= 15 is 0 Å². The average molecular weight is 411 g/mol. The second kappa shape index (κ2) is 9.27. The van der Waals surface area contributed by atoms with Crippen molar-refractivity contribution in [2.75, 3.05) is 31.1 Å². The van der Waals surface area contributed by atoms with Gasteiger partial charge in [0.15, 0.2) is 0 Å². The molecule has 0 unspecified atom stereocenters. The first kappa shape index (κ1) is 22.3. The van der Waals surface area contributed by atoms with Crippen molar-refractivity contribution in [2.24, 2.45) is 5.73 Å². The number of H-pyrrole nitrogens is 1. The number of rotatable bonds is 7. The number of aromatic amines is 1. The van der Waals surface area contributed by atoms with Gasteiger partial charge in [0.2, 0.25) is 10.0 Å². The Kier molecular flexibility index (Phi) is 8.27. The topological polar surface area (TPSA) is 108 Å². The zero-order valence-electron chi connectivity index (χ0n) is 14.6. The lowest BCUT2D eigenvalue weighted by Gasteiger charge is -2.31. The van der Waals surface area contributed by atoms with Crippen LogP contribution < -0.4 is 11.1 Å². The summed E-state index contributed by atoms with van der Waals surface area (Å²) in [6.07, 6.45) is 2.81. The summed E-state index contributed by atoms with van der Waals surface area (Å²) in [7, 11) is -3.55. The lowest BCUT2D eigenvalue weighted by molar-refractivity contribution is 0.0890. The monoisotopic (exact) mass is 410 g/mol. The van der Waals surface area contributed by atoms with Crippen LogP contribution in [-0.4, -0.2) is 60.3 Å². The molecule has 1 aliphatic heterocycles. The van der Waals surface area contributed by atoms with E-state index in [0.29, 0.717) is 32.5 Å². The Morgan fingerprint density at radius 1 is 1.36 bits per heavy atom. The van der Waals surface area contributed by atoms with E-state index in [1.807, 2.05) is 13.8 Å². The zero-order valence-corrected chi connectivity index (χ0v) is 17.0. The zero-order chi connectivity index (χ0) is 17.8. The average Bonchev–Trinajstić information content (AvgIpc) is 3.11. The van der Waals surface area contributed by atoms with Crippen molar-refractivity contribution in [3.63, 3.8) is 0 Å². The van der Waals surface area contributed by atoms with Gasteiger partial charge in [0.25, 0.3) is 5.91 Å². The minimum atomic E-state index is -3.55. The summed E-state index contributed by atoms with van der Waals surface area (Å²) in [5.74, 6) is 1.26. The Balaban J connectivity index is 0.00000312. The lowest BCUT2D eigenvalue weighted by atomic mass is 9.93. The van der Waals surface area contributed by atoms with Gasteiger partial charge < -0.3 is 16.0 Å². The van der Waals surface area contributed by atoms with E-state index in [9.17, 15) is 13.2 Å². The van der Waals surface area contributed by atoms with Crippen LogP contribution in [0, 0.1) is 0 Å². The van der Waals surface area contributed by atoms with Crippen LogP contribution in [-0.2, 0) is 10.0 Å². The molecule has 144 valence electrons. The van der Waals surface area contributed by atoms with Crippen LogP contribution in [0.5, 0.6) is 0 Å². The molecule has 1 aromatic rings. The molecule has 0 bridgehead atoms. The van der Waals surface area contributed by atoms with Gasteiger partial charge in [-0.15, -0.1) is 12.4 Å². The number of nitrogens with two attached hydrogens (primary N) is 1. The molecule has 1 amide bonds. The number of thioether (sulfide) groups is 1. The van der Waals surface area contributed by atoms with Gasteiger partial charge in [0.05, 0.1) is 5.54 Å². The number of amides is 1. The molecule has 1 aromatic heterocycles. The van der Waals surface area contributed by atoms with Gasteiger partial charge in [-0.25, -0.2) is 8.42 Å². The van der Waals surface area contributed by atoms with Crippen molar-refractivity contribution >= 4 is 40.1 Å². The first-order chi connectivity index (χ1) is 11.4. The highest BCUT2D eigenvalue weighted by molar-refractivity contribution is 7.99. The molecule has 2 rings (SSSR count). The molecule has 1 saturated heterocycles. The van der Waals surface area contributed by atoms with Crippen molar-refractivity contribution in [1.82, 2.24) is 14.6 Å². The number of sulfonamides is 1. The Morgan fingerprint density at radius 3 is 2.48 bits per heavy atom. The molecule has 2 heterocycles. The summed E-state index contributed by atoms with van der Waals surface area (Å²) in [6.45, 7) is 5.28. The molecule has 7 nitrogen and oxygen atoms in total. The molecule has 10 heteroatoms. The number of hydrogen-bond acceptors (Lipinski definition) is 5. The summed E-state index contributed by atoms with van der Waals surface area (Å²) in [6, 6.07) is 1.40. The molecule has 0 saturated carbocycles. The first-order valence-corrected chi connectivity index (χ1v) is 10.8. The Bertz CT molecular complexity index is 660. The summed E-state index contributed by atoms with van der Waals surface area (Å²) >= 11 is 1.74. The maximum absolute atomic E-state index is 12.6. The molecule has 0 aliphatic carbocycles. The highest BCUT2D eigenvalue weighted by Crippen LogP contribution is 2.21. The number of halogens is 1. The van der Waals surface area contributed by atoms with Crippen LogP contribution in [0.2, 0.25) is 0 Å². The number of nitrogens with zero attached hydrogens (tertiary/aromatic N) is 1. The van der Waals surface area contributed by atoms with Crippen molar-refractivity contribution in [3.8, 4) is 0 Å². The fraction of sp³-hybridized carbons (Fsp3) is 0.667. The van der Waals surface area contributed by atoms with Crippen molar-refractivity contribution < 1.29 is 13.2 Å². The van der Waals surface area contributed by atoms with Crippen LogP contribution in [0.1, 0.15) is 37.2 Å². The number of carbonyl (C=O) groups is 1. The quantitative estimate of drug-likeness (QED) is 0.630. The number of hydrogen-bond donors (Lipinski definition) is 3. The maximum atomic E-state index is 12.6. The van der Waals surface area contributed by atoms with Crippen LogP contribution in [0.4, 0.5) is 0 Å². The van der Waals surface area contributed by atoms with E-state index in [2.05, 4.69) is 10.3 Å². The van der Waals surface area contributed by atoms with E-state index in [4.69, 9.17) is 5.73 Å². The molecule has 0 spiro atoms. The van der Waals surface area contributed by atoms with Crippen LogP contribution in [0.3, 0.4) is 0 Å². The highest BCUT2D eigenvalue weighted by Gasteiger charge is 2.30. The van der Waals surface area contributed by atoms with E-state index < -0.39 is 15.6 Å². The second-order valence-corrected chi connectivity index (χ2v) is 9.07. The Morgan fingerprint density at radius 2 is 1.96 bits per heavy atom. The first-order valence-electron chi connectivity index (χ1n) is 8.17. The van der Waals surface area contributed by atoms with Gasteiger partial charge in [-0.2, -0.15) is 16.1 Å².